The van der Waals surface area contributed by atoms with E-state index in [4.69, 9.17) is 0 Å². The fourth-order valence-electron chi connectivity index (χ4n) is 1.24. The number of carbonyl (C=O) groups excluding carboxylic acids is 2. The first-order chi connectivity index (χ1) is 8.58. The van der Waals surface area contributed by atoms with E-state index in [-0.39, 0.29) is 12.3 Å². The van der Waals surface area contributed by atoms with Crippen LogP contribution in [0.4, 0.5) is 0 Å². The summed E-state index contributed by atoms with van der Waals surface area (Å²) >= 11 is 0. The van der Waals surface area contributed by atoms with Gasteiger partial charge in [0.1, 0.15) is 0 Å². The van der Waals surface area contributed by atoms with Crippen molar-refractivity contribution < 1.29 is 19.1 Å². The molecule has 0 aliphatic heterocycles. The molecule has 5 nitrogen and oxygen atoms in total. The van der Waals surface area contributed by atoms with E-state index in [0.29, 0.717) is 11.1 Å². The van der Waals surface area contributed by atoms with Gasteiger partial charge in [0, 0.05) is 17.7 Å². The number of hydrogen-bond acceptors (Lipinski definition) is 5. The van der Waals surface area contributed by atoms with E-state index in [1.165, 1.54) is 13.3 Å². The van der Waals surface area contributed by atoms with Crippen molar-refractivity contribution in [1.29, 1.82) is 0 Å². The number of pyridine rings is 1. The van der Waals surface area contributed by atoms with Gasteiger partial charge in [-0.25, -0.2) is 14.6 Å². The molecule has 18 heavy (non-hydrogen) atoms. The second-order valence-corrected chi connectivity index (χ2v) is 3.35. The van der Waals surface area contributed by atoms with Crippen molar-refractivity contribution in [1.82, 2.24) is 4.98 Å². The molecule has 0 atom stereocenters. The monoisotopic (exact) mass is 247 g/mol. The lowest BCUT2D eigenvalue weighted by Crippen LogP contribution is -2.07. The number of esters is 2. The molecule has 0 saturated carbocycles. The minimum Gasteiger partial charge on any atom is -0.464 e. The molecule has 5 heteroatoms. The lowest BCUT2D eigenvalue weighted by Gasteiger charge is -2.02. The van der Waals surface area contributed by atoms with Crippen LogP contribution in [0.2, 0.25) is 0 Å². The van der Waals surface area contributed by atoms with Crippen molar-refractivity contribution in [3.8, 4) is 11.8 Å². The molecule has 0 aliphatic carbocycles. The SMILES string of the molecule is CCOC(=O)C#Cc1cnc(C(=O)OC)c(C)c1. The Morgan fingerprint density at radius 3 is 2.72 bits per heavy atom. The summed E-state index contributed by atoms with van der Waals surface area (Å²) in [6.07, 6.45) is 1.41. The molecule has 0 saturated heterocycles. The Hall–Kier alpha value is -2.35. The Morgan fingerprint density at radius 2 is 2.17 bits per heavy atom. The van der Waals surface area contributed by atoms with Crippen LogP contribution in [-0.2, 0) is 14.3 Å². The van der Waals surface area contributed by atoms with Crippen molar-refractivity contribution in [3.05, 3.63) is 29.1 Å². The number of rotatable bonds is 2. The van der Waals surface area contributed by atoms with E-state index in [1.54, 1.807) is 19.9 Å². The highest BCUT2D eigenvalue weighted by Crippen LogP contribution is 2.08. The average Bonchev–Trinajstić information content (AvgIpc) is 2.36. The van der Waals surface area contributed by atoms with Crippen LogP contribution in [0.25, 0.3) is 0 Å². The number of carbonyl (C=O) groups is 2. The fourth-order valence-corrected chi connectivity index (χ4v) is 1.24. The number of ether oxygens (including phenoxy) is 2. The van der Waals surface area contributed by atoms with Gasteiger partial charge in [-0.3, -0.25) is 0 Å². The van der Waals surface area contributed by atoms with Gasteiger partial charge in [0.15, 0.2) is 5.69 Å². The lowest BCUT2D eigenvalue weighted by atomic mass is 10.1. The number of methoxy groups -OCH3 is 1. The van der Waals surface area contributed by atoms with Gasteiger partial charge in [-0.2, -0.15) is 0 Å². The zero-order valence-electron chi connectivity index (χ0n) is 10.4. The average molecular weight is 247 g/mol. The summed E-state index contributed by atoms with van der Waals surface area (Å²) < 4.78 is 9.24. The van der Waals surface area contributed by atoms with Crippen molar-refractivity contribution in [3.63, 3.8) is 0 Å². The van der Waals surface area contributed by atoms with Gasteiger partial charge in [0.05, 0.1) is 13.7 Å². The maximum Gasteiger partial charge on any atom is 0.384 e. The Kier molecular flexibility index (Phi) is 4.88. The maximum atomic E-state index is 11.3. The molecule has 0 bridgehead atoms. The van der Waals surface area contributed by atoms with Gasteiger partial charge < -0.3 is 9.47 Å². The van der Waals surface area contributed by atoms with Gasteiger partial charge in [0.25, 0.3) is 0 Å². The molecule has 0 fully saturated rings. The van der Waals surface area contributed by atoms with Gasteiger partial charge >= 0.3 is 11.9 Å². The minimum absolute atomic E-state index is 0.235. The fraction of sp³-hybridized carbons (Fsp3) is 0.308. The number of nitrogens with zero attached hydrogens (tertiary/aromatic N) is 1. The van der Waals surface area contributed by atoms with Gasteiger partial charge in [0.2, 0.25) is 0 Å². The number of aryl methyl sites for hydroxylation is 1. The van der Waals surface area contributed by atoms with E-state index >= 15 is 0 Å². The zero-order valence-corrected chi connectivity index (χ0v) is 10.4. The Labute approximate surface area is 105 Å². The Morgan fingerprint density at radius 1 is 1.44 bits per heavy atom. The van der Waals surface area contributed by atoms with Crippen molar-refractivity contribution in [2.75, 3.05) is 13.7 Å². The number of hydrogen-bond donors (Lipinski definition) is 0. The van der Waals surface area contributed by atoms with Gasteiger partial charge in [-0.05, 0) is 25.5 Å². The van der Waals surface area contributed by atoms with Crippen LogP contribution in [0, 0.1) is 18.8 Å². The van der Waals surface area contributed by atoms with Crippen molar-refractivity contribution in [2.45, 2.75) is 13.8 Å². The predicted octanol–water partition coefficient (Wildman–Crippen LogP) is 1.09. The normalized spacial score (nSPS) is 9.06. The molecule has 0 aromatic carbocycles. The van der Waals surface area contributed by atoms with E-state index in [1.807, 2.05) is 0 Å². The summed E-state index contributed by atoms with van der Waals surface area (Å²) in [6, 6.07) is 1.66. The standard InChI is InChI=1S/C13H13NO4/c1-4-18-11(15)6-5-10-7-9(2)12(14-8-10)13(16)17-3/h7-8H,4H2,1-3H3. The molecular formula is C13H13NO4. The highest BCUT2D eigenvalue weighted by molar-refractivity contribution is 5.90. The van der Waals surface area contributed by atoms with Crippen LogP contribution in [-0.4, -0.2) is 30.6 Å². The molecule has 0 spiro atoms. The summed E-state index contributed by atoms with van der Waals surface area (Å²) in [7, 11) is 1.29. The first-order valence-electron chi connectivity index (χ1n) is 5.32. The highest BCUT2D eigenvalue weighted by atomic mass is 16.5. The third kappa shape index (κ3) is 3.59. The summed E-state index contributed by atoms with van der Waals surface area (Å²) in [5.41, 5.74) is 1.41. The molecule has 94 valence electrons. The molecule has 1 heterocycles. The molecule has 0 unspecified atom stereocenters. The van der Waals surface area contributed by atoms with Gasteiger partial charge in [-0.1, -0.05) is 5.92 Å². The lowest BCUT2D eigenvalue weighted by molar-refractivity contribution is -0.136. The third-order valence-electron chi connectivity index (χ3n) is 2.04. The number of aromatic nitrogens is 1. The summed E-state index contributed by atoms with van der Waals surface area (Å²) in [5.74, 6) is 3.84. The van der Waals surface area contributed by atoms with Crippen LogP contribution >= 0.6 is 0 Å². The van der Waals surface area contributed by atoms with Crippen LogP contribution in [0.3, 0.4) is 0 Å². The minimum atomic E-state index is -0.591. The zero-order chi connectivity index (χ0) is 13.5. The van der Waals surface area contributed by atoms with Crippen LogP contribution in [0.1, 0.15) is 28.5 Å². The smallest absolute Gasteiger partial charge is 0.384 e. The third-order valence-corrected chi connectivity index (χ3v) is 2.04. The molecule has 1 aromatic heterocycles. The molecule has 1 rings (SSSR count). The summed E-state index contributed by atoms with van der Waals surface area (Å²) in [4.78, 5) is 26.3. The van der Waals surface area contributed by atoms with E-state index in [0.717, 1.165) is 0 Å². The molecule has 0 amide bonds. The van der Waals surface area contributed by atoms with Gasteiger partial charge in [-0.15, -0.1) is 0 Å². The van der Waals surface area contributed by atoms with E-state index in [9.17, 15) is 9.59 Å². The molecular weight excluding hydrogens is 234 g/mol. The van der Waals surface area contributed by atoms with E-state index < -0.39 is 11.9 Å². The van der Waals surface area contributed by atoms with Crippen molar-refractivity contribution in [2.24, 2.45) is 0 Å². The molecule has 0 aliphatic rings. The molecule has 0 radical (unpaired) electrons. The molecule has 1 aromatic rings. The summed E-state index contributed by atoms with van der Waals surface area (Å²) in [5, 5.41) is 0. The Bertz CT molecular complexity index is 526. The highest BCUT2D eigenvalue weighted by Gasteiger charge is 2.10. The quantitative estimate of drug-likeness (QED) is 0.578. The largest absolute Gasteiger partial charge is 0.464 e. The second-order valence-electron chi connectivity index (χ2n) is 3.35. The topological polar surface area (TPSA) is 65.5 Å². The van der Waals surface area contributed by atoms with Crippen LogP contribution in [0.15, 0.2) is 12.3 Å². The maximum absolute atomic E-state index is 11.3. The second kappa shape index (κ2) is 6.40. The molecule has 0 N–H and O–H groups in total. The Balaban J connectivity index is 2.91. The van der Waals surface area contributed by atoms with Crippen molar-refractivity contribution >= 4 is 11.9 Å². The predicted molar refractivity (Wildman–Crippen MR) is 63.8 cm³/mol. The van der Waals surface area contributed by atoms with Crippen LogP contribution < -0.4 is 0 Å². The van der Waals surface area contributed by atoms with Crippen LogP contribution in [0.5, 0.6) is 0 Å². The first-order valence-corrected chi connectivity index (χ1v) is 5.32. The first kappa shape index (κ1) is 13.7. The van der Waals surface area contributed by atoms with E-state index in [2.05, 4.69) is 26.3 Å². The summed E-state index contributed by atoms with van der Waals surface area (Å²) in [6.45, 7) is 3.71.